The molecule has 1 heterocycles. The maximum Gasteiger partial charge on any atom is 0.373 e. The summed E-state index contributed by atoms with van der Waals surface area (Å²) in [6.45, 7) is 1.79. The number of aryl methyl sites for hydroxylation is 1. The average Bonchev–Trinajstić information content (AvgIpc) is 2.74. The zero-order chi connectivity index (χ0) is 12.4. The molecule has 0 amide bonds. The molecule has 2 rings (SSSR count). The van der Waals surface area contributed by atoms with Crippen molar-refractivity contribution in [1.29, 1.82) is 0 Å². The first-order valence-corrected chi connectivity index (χ1v) is 5.10. The van der Waals surface area contributed by atoms with Crippen LogP contribution in [0.2, 0.25) is 0 Å². The fraction of sp³-hybridized carbons (Fsp3) is 0.167. The van der Waals surface area contributed by atoms with Gasteiger partial charge in [0.2, 0.25) is 11.7 Å². The van der Waals surface area contributed by atoms with Gasteiger partial charge in [-0.2, -0.15) is 0 Å². The van der Waals surface area contributed by atoms with E-state index in [1.807, 2.05) is 0 Å². The number of rotatable bonds is 3. The molecule has 0 unspecified atom stereocenters. The van der Waals surface area contributed by atoms with Crippen LogP contribution in [0.4, 0.5) is 4.39 Å². The van der Waals surface area contributed by atoms with Crippen molar-refractivity contribution < 1.29 is 18.7 Å². The largest absolute Gasteiger partial charge is 0.475 e. The van der Waals surface area contributed by atoms with Gasteiger partial charge < -0.3 is 9.52 Å². The fourth-order valence-electron chi connectivity index (χ4n) is 1.47. The van der Waals surface area contributed by atoms with E-state index in [1.165, 1.54) is 24.3 Å². The lowest BCUT2D eigenvalue weighted by atomic mass is 10.2. The standard InChI is InChI=1S/C12H10FNO3/c1-2-9-10(12(15)16)17-11(14-9)7-3-5-8(13)6-4-7/h3-6H,2H2,1H3,(H,15,16). The van der Waals surface area contributed by atoms with E-state index in [9.17, 15) is 9.18 Å². The Morgan fingerprint density at radius 2 is 2.06 bits per heavy atom. The SMILES string of the molecule is CCc1nc(-c2ccc(F)cc2)oc1C(=O)O. The smallest absolute Gasteiger partial charge is 0.373 e. The molecule has 1 aromatic carbocycles. The van der Waals surface area contributed by atoms with Crippen LogP contribution in [-0.4, -0.2) is 16.1 Å². The molecular formula is C12H10FNO3. The highest BCUT2D eigenvalue weighted by atomic mass is 19.1. The van der Waals surface area contributed by atoms with Crippen LogP contribution in [0.25, 0.3) is 11.5 Å². The molecule has 0 saturated heterocycles. The average molecular weight is 235 g/mol. The maximum absolute atomic E-state index is 12.7. The monoisotopic (exact) mass is 235 g/mol. The topological polar surface area (TPSA) is 63.3 Å². The van der Waals surface area contributed by atoms with Crippen LogP contribution >= 0.6 is 0 Å². The summed E-state index contributed by atoms with van der Waals surface area (Å²) in [6.07, 6.45) is 0.465. The Bertz CT molecular complexity index is 545. The van der Waals surface area contributed by atoms with Crippen LogP contribution in [0.1, 0.15) is 23.2 Å². The molecule has 17 heavy (non-hydrogen) atoms. The lowest BCUT2D eigenvalue weighted by Crippen LogP contribution is -1.98. The Balaban J connectivity index is 2.46. The van der Waals surface area contributed by atoms with Crippen molar-refractivity contribution in [1.82, 2.24) is 4.98 Å². The first kappa shape index (κ1) is 11.3. The minimum Gasteiger partial charge on any atom is -0.475 e. The lowest BCUT2D eigenvalue weighted by molar-refractivity contribution is 0.0662. The maximum atomic E-state index is 12.7. The van der Waals surface area contributed by atoms with Gasteiger partial charge in [0.05, 0.1) is 5.69 Å². The minimum absolute atomic E-state index is 0.160. The van der Waals surface area contributed by atoms with Gasteiger partial charge in [0.25, 0.3) is 0 Å². The van der Waals surface area contributed by atoms with Crippen molar-refractivity contribution in [2.75, 3.05) is 0 Å². The summed E-state index contributed by atoms with van der Waals surface area (Å²) in [7, 11) is 0. The van der Waals surface area contributed by atoms with Gasteiger partial charge in [0.1, 0.15) is 5.82 Å². The Morgan fingerprint density at radius 1 is 1.41 bits per heavy atom. The van der Waals surface area contributed by atoms with Gasteiger partial charge in [-0.3, -0.25) is 0 Å². The normalized spacial score (nSPS) is 10.5. The number of benzene rings is 1. The fourth-order valence-corrected chi connectivity index (χ4v) is 1.47. The van der Waals surface area contributed by atoms with Crippen LogP contribution in [0, 0.1) is 5.82 Å². The van der Waals surface area contributed by atoms with E-state index in [0.717, 1.165) is 0 Å². The molecule has 0 aliphatic rings. The number of carboxylic acids is 1. The first-order chi connectivity index (χ1) is 8.11. The molecule has 0 aliphatic heterocycles. The van der Waals surface area contributed by atoms with Gasteiger partial charge in [-0.25, -0.2) is 14.2 Å². The van der Waals surface area contributed by atoms with Crippen molar-refractivity contribution in [2.24, 2.45) is 0 Å². The summed E-state index contributed by atoms with van der Waals surface area (Å²) < 4.78 is 17.9. The second-order valence-electron chi connectivity index (χ2n) is 3.46. The summed E-state index contributed by atoms with van der Waals surface area (Å²) in [6, 6.07) is 5.52. The molecule has 2 aromatic rings. The molecule has 5 heteroatoms. The summed E-state index contributed by atoms with van der Waals surface area (Å²) in [4.78, 5) is 15.0. The highest BCUT2D eigenvalue weighted by Crippen LogP contribution is 2.22. The van der Waals surface area contributed by atoms with Crippen LogP contribution in [0.15, 0.2) is 28.7 Å². The second kappa shape index (κ2) is 4.37. The van der Waals surface area contributed by atoms with E-state index >= 15 is 0 Å². The van der Waals surface area contributed by atoms with Crippen LogP contribution < -0.4 is 0 Å². The van der Waals surface area contributed by atoms with E-state index in [4.69, 9.17) is 9.52 Å². The summed E-state index contributed by atoms with van der Waals surface area (Å²) >= 11 is 0. The van der Waals surface area contributed by atoms with Crippen LogP contribution in [0.3, 0.4) is 0 Å². The Kier molecular flexibility index (Phi) is 2.91. The van der Waals surface area contributed by atoms with Gasteiger partial charge in [-0.15, -0.1) is 0 Å². The van der Waals surface area contributed by atoms with Gasteiger partial charge in [-0.1, -0.05) is 6.92 Å². The third kappa shape index (κ3) is 2.18. The molecule has 0 radical (unpaired) electrons. The Hall–Kier alpha value is -2.17. The van der Waals surface area contributed by atoms with E-state index < -0.39 is 5.97 Å². The van der Waals surface area contributed by atoms with E-state index in [0.29, 0.717) is 17.7 Å². The molecular weight excluding hydrogens is 225 g/mol. The molecule has 0 spiro atoms. The van der Waals surface area contributed by atoms with Crippen molar-refractivity contribution >= 4 is 5.97 Å². The summed E-state index contributed by atoms with van der Waals surface area (Å²) in [5.41, 5.74) is 0.936. The van der Waals surface area contributed by atoms with Gasteiger partial charge >= 0.3 is 5.97 Å². The highest BCUT2D eigenvalue weighted by Gasteiger charge is 2.18. The van der Waals surface area contributed by atoms with Gasteiger partial charge in [0, 0.05) is 5.56 Å². The molecule has 0 fully saturated rings. The third-order valence-corrected chi connectivity index (χ3v) is 2.32. The van der Waals surface area contributed by atoms with Gasteiger partial charge in [0.15, 0.2) is 0 Å². The number of hydrogen-bond acceptors (Lipinski definition) is 3. The quantitative estimate of drug-likeness (QED) is 0.888. The van der Waals surface area contributed by atoms with E-state index in [2.05, 4.69) is 4.98 Å². The third-order valence-electron chi connectivity index (χ3n) is 2.32. The van der Waals surface area contributed by atoms with Crippen molar-refractivity contribution in [2.45, 2.75) is 13.3 Å². The number of aromatic carboxylic acids is 1. The first-order valence-electron chi connectivity index (χ1n) is 5.10. The number of aromatic nitrogens is 1. The molecule has 88 valence electrons. The van der Waals surface area contributed by atoms with Crippen LogP contribution in [0.5, 0.6) is 0 Å². The number of carbonyl (C=O) groups is 1. The number of carboxylic acid groups (broad SMARTS) is 1. The Morgan fingerprint density at radius 3 is 2.53 bits per heavy atom. The zero-order valence-electron chi connectivity index (χ0n) is 9.11. The van der Waals surface area contributed by atoms with Crippen molar-refractivity contribution in [3.63, 3.8) is 0 Å². The molecule has 1 N–H and O–H groups in total. The Labute approximate surface area is 96.7 Å². The predicted octanol–water partition coefficient (Wildman–Crippen LogP) is 2.74. The molecule has 4 nitrogen and oxygen atoms in total. The molecule has 0 atom stereocenters. The highest BCUT2D eigenvalue weighted by molar-refractivity contribution is 5.86. The molecule has 0 bridgehead atoms. The summed E-state index contributed by atoms with van der Waals surface area (Å²) in [5, 5.41) is 8.91. The lowest BCUT2D eigenvalue weighted by Gasteiger charge is -1.93. The van der Waals surface area contributed by atoms with Crippen molar-refractivity contribution in [3.05, 3.63) is 41.5 Å². The molecule has 1 aromatic heterocycles. The zero-order valence-corrected chi connectivity index (χ0v) is 9.11. The van der Waals surface area contributed by atoms with E-state index in [1.54, 1.807) is 6.92 Å². The number of nitrogens with zero attached hydrogens (tertiary/aromatic N) is 1. The number of hydrogen-bond donors (Lipinski definition) is 1. The summed E-state index contributed by atoms with van der Waals surface area (Å²) in [5.74, 6) is -1.48. The second-order valence-corrected chi connectivity index (χ2v) is 3.46. The van der Waals surface area contributed by atoms with Crippen molar-refractivity contribution in [3.8, 4) is 11.5 Å². The van der Waals surface area contributed by atoms with Crippen LogP contribution in [-0.2, 0) is 6.42 Å². The van der Waals surface area contributed by atoms with Gasteiger partial charge in [-0.05, 0) is 30.7 Å². The number of halogens is 1. The molecule has 0 aliphatic carbocycles. The number of oxazole rings is 1. The predicted molar refractivity (Wildman–Crippen MR) is 58.2 cm³/mol. The van der Waals surface area contributed by atoms with E-state index in [-0.39, 0.29) is 17.5 Å². The minimum atomic E-state index is -1.15. The molecule has 0 saturated carbocycles.